The smallest absolute Gasteiger partial charge is 0.270 e. The van der Waals surface area contributed by atoms with E-state index in [0.29, 0.717) is 5.92 Å². The van der Waals surface area contributed by atoms with Crippen LogP contribution in [0.4, 0.5) is 4.39 Å². The molecule has 1 heterocycles. The van der Waals surface area contributed by atoms with Crippen LogP contribution < -0.4 is 5.32 Å². The van der Waals surface area contributed by atoms with E-state index >= 15 is 0 Å². The van der Waals surface area contributed by atoms with E-state index in [9.17, 15) is 9.18 Å². The van der Waals surface area contributed by atoms with E-state index in [1.54, 1.807) is 0 Å². The normalized spacial score (nSPS) is 20.9. The third-order valence-electron chi connectivity index (χ3n) is 3.28. The van der Waals surface area contributed by atoms with Crippen molar-refractivity contribution in [3.05, 3.63) is 65.7 Å². The lowest BCUT2D eigenvalue weighted by atomic mass is 10.1. The van der Waals surface area contributed by atoms with E-state index in [1.165, 1.54) is 23.8 Å². The van der Waals surface area contributed by atoms with Gasteiger partial charge in [0.1, 0.15) is 5.69 Å². The Kier molecular flexibility index (Phi) is 2.99. The van der Waals surface area contributed by atoms with Gasteiger partial charge in [0.25, 0.3) is 5.91 Å². The molecule has 3 nitrogen and oxygen atoms in total. The maximum Gasteiger partial charge on any atom is 0.270 e. The number of nitrogens with zero attached hydrogens (tertiary/aromatic N) is 1. The topological polar surface area (TPSA) is 42.0 Å². The second-order valence-corrected chi connectivity index (χ2v) is 4.68. The summed E-state index contributed by atoms with van der Waals surface area (Å²) in [7, 11) is 0. The van der Waals surface area contributed by atoms with Gasteiger partial charge in [0.05, 0.1) is 0 Å². The van der Waals surface area contributed by atoms with E-state index in [1.807, 2.05) is 18.2 Å². The molecule has 2 atom stereocenters. The second-order valence-electron chi connectivity index (χ2n) is 4.68. The van der Waals surface area contributed by atoms with Gasteiger partial charge in [-0.15, -0.1) is 0 Å². The fraction of sp³-hybridized carbons (Fsp3) is 0.200. The molecule has 1 fully saturated rings. The summed E-state index contributed by atoms with van der Waals surface area (Å²) in [5.41, 5.74) is 1.35. The molecule has 0 radical (unpaired) electrons. The summed E-state index contributed by atoms with van der Waals surface area (Å²) < 4.78 is 12.9. The monoisotopic (exact) mass is 256 g/mol. The Hall–Kier alpha value is -2.23. The number of hydrogen-bond acceptors (Lipinski definition) is 2. The number of carbonyl (C=O) groups is 1. The van der Waals surface area contributed by atoms with Crippen molar-refractivity contribution in [2.75, 3.05) is 0 Å². The van der Waals surface area contributed by atoms with Gasteiger partial charge < -0.3 is 5.32 Å². The number of pyridine rings is 1. The molecule has 1 amide bonds. The van der Waals surface area contributed by atoms with Crippen LogP contribution in [-0.2, 0) is 0 Å². The molecule has 0 bridgehead atoms. The number of hydrogen-bond donors (Lipinski definition) is 1. The van der Waals surface area contributed by atoms with Crippen LogP contribution in [0.15, 0.2) is 48.5 Å². The molecule has 4 heteroatoms. The van der Waals surface area contributed by atoms with Crippen molar-refractivity contribution in [2.45, 2.75) is 18.4 Å². The Morgan fingerprint density at radius 3 is 2.68 bits per heavy atom. The Morgan fingerprint density at radius 1 is 1.16 bits per heavy atom. The molecule has 1 aromatic carbocycles. The van der Waals surface area contributed by atoms with Gasteiger partial charge in [0.2, 0.25) is 5.95 Å². The lowest BCUT2D eigenvalue weighted by Gasteiger charge is -2.04. The van der Waals surface area contributed by atoms with Crippen LogP contribution in [0.2, 0.25) is 0 Å². The van der Waals surface area contributed by atoms with Gasteiger partial charge in [-0.2, -0.15) is 4.39 Å². The third-order valence-corrected chi connectivity index (χ3v) is 3.28. The van der Waals surface area contributed by atoms with Gasteiger partial charge in [0.15, 0.2) is 0 Å². The Bertz CT molecular complexity index is 600. The highest BCUT2D eigenvalue weighted by Gasteiger charge is 2.39. The van der Waals surface area contributed by atoms with Crippen molar-refractivity contribution in [1.82, 2.24) is 10.3 Å². The average molecular weight is 256 g/mol. The number of amides is 1. The maximum atomic E-state index is 12.9. The fourth-order valence-electron chi connectivity index (χ4n) is 2.20. The van der Waals surface area contributed by atoms with Crippen molar-refractivity contribution in [1.29, 1.82) is 0 Å². The van der Waals surface area contributed by atoms with Crippen molar-refractivity contribution in [2.24, 2.45) is 0 Å². The van der Waals surface area contributed by atoms with Crippen LogP contribution in [0, 0.1) is 5.95 Å². The molecule has 3 rings (SSSR count). The number of carbonyl (C=O) groups excluding carboxylic acids is 1. The van der Waals surface area contributed by atoms with Crippen molar-refractivity contribution < 1.29 is 9.18 Å². The van der Waals surface area contributed by atoms with Crippen molar-refractivity contribution in [3.63, 3.8) is 0 Å². The largest absolute Gasteiger partial charge is 0.347 e. The maximum absolute atomic E-state index is 12.9. The summed E-state index contributed by atoms with van der Waals surface area (Å²) in [5, 5.41) is 2.88. The molecule has 0 spiro atoms. The Balaban J connectivity index is 1.64. The highest BCUT2D eigenvalue weighted by atomic mass is 19.1. The molecular weight excluding hydrogens is 243 g/mol. The van der Waals surface area contributed by atoms with E-state index in [0.717, 1.165) is 6.42 Å². The summed E-state index contributed by atoms with van der Waals surface area (Å²) in [5.74, 6) is -0.593. The Labute approximate surface area is 110 Å². The minimum atomic E-state index is -0.636. The molecule has 19 heavy (non-hydrogen) atoms. The summed E-state index contributed by atoms with van der Waals surface area (Å²) in [4.78, 5) is 15.5. The van der Waals surface area contributed by atoms with Crippen LogP contribution in [0.25, 0.3) is 0 Å². The van der Waals surface area contributed by atoms with Gasteiger partial charge in [0, 0.05) is 12.0 Å². The van der Waals surface area contributed by atoms with E-state index in [4.69, 9.17) is 0 Å². The molecule has 96 valence electrons. The van der Waals surface area contributed by atoms with Crippen LogP contribution in [-0.4, -0.2) is 16.9 Å². The first kappa shape index (κ1) is 11.8. The Morgan fingerprint density at radius 2 is 1.95 bits per heavy atom. The SMILES string of the molecule is O=C(NC1CC1c1ccccc1)c1cccc(F)n1. The highest BCUT2D eigenvalue weighted by Crippen LogP contribution is 2.40. The predicted octanol–water partition coefficient (Wildman–Crippen LogP) is 2.51. The fourth-order valence-corrected chi connectivity index (χ4v) is 2.20. The minimum Gasteiger partial charge on any atom is -0.347 e. The lowest BCUT2D eigenvalue weighted by Crippen LogP contribution is -2.27. The van der Waals surface area contributed by atoms with Gasteiger partial charge in [-0.3, -0.25) is 4.79 Å². The standard InChI is InChI=1S/C15H13FN2O/c16-14-8-4-7-12(17-14)15(19)18-13-9-11(13)10-5-2-1-3-6-10/h1-8,11,13H,9H2,(H,18,19). The van der Waals surface area contributed by atoms with E-state index < -0.39 is 5.95 Å². The van der Waals surface area contributed by atoms with Crippen LogP contribution in [0.3, 0.4) is 0 Å². The number of aromatic nitrogens is 1. The third kappa shape index (κ3) is 2.62. The molecule has 1 N–H and O–H groups in total. The van der Waals surface area contributed by atoms with Crippen molar-refractivity contribution >= 4 is 5.91 Å². The van der Waals surface area contributed by atoms with Gasteiger partial charge >= 0.3 is 0 Å². The van der Waals surface area contributed by atoms with Crippen LogP contribution >= 0.6 is 0 Å². The first-order chi connectivity index (χ1) is 9.24. The summed E-state index contributed by atoms with van der Waals surface area (Å²) in [6.45, 7) is 0. The summed E-state index contributed by atoms with van der Waals surface area (Å²) in [6, 6.07) is 14.4. The molecule has 1 aliphatic rings. The van der Waals surface area contributed by atoms with Gasteiger partial charge in [-0.25, -0.2) is 4.98 Å². The zero-order valence-electron chi connectivity index (χ0n) is 10.2. The van der Waals surface area contributed by atoms with Gasteiger partial charge in [-0.1, -0.05) is 36.4 Å². The minimum absolute atomic E-state index is 0.124. The molecule has 0 saturated heterocycles. The number of halogens is 1. The average Bonchev–Trinajstić information content (AvgIpc) is 3.19. The number of nitrogens with one attached hydrogen (secondary N) is 1. The zero-order valence-corrected chi connectivity index (χ0v) is 10.2. The predicted molar refractivity (Wildman–Crippen MR) is 69.2 cm³/mol. The van der Waals surface area contributed by atoms with Crippen LogP contribution in [0.5, 0.6) is 0 Å². The zero-order chi connectivity index (χ0) is 13.2. The first-order valence-electron chi connectivity index (χ1n) is 6.22. The molecule has 2 aromatic rings. The molecule has 0 aliphatic heterocycles. The molecule has 1 aliphatic carbocycles. The van der Waals surface area contributed by atoms with Gasteiger partial charge in [-0.05, 0) is 24.1 Å². The van der Waals surface area contributed by atoms with Crippen molar-refractivity contribution in [3.8, 4) is 0 Å². The van der Waals surface area contributed by atoms with E-state index in [2.05, 4.69) is 22.4 Å². The quantitative estimate of drug-likeness (QED) is 0.857. The first-order valence-corrected chi connectivity index (χ1v) is 6.22. The number of rotatable bonds is 3. The summed E-state index contributed by atoms with van der Waals surface area (Å²) in [6.07, 6.45) is 0.922. The van der Waals surface area contributed by atoms with Crippen LogP contribution in [0.1, 0.15) is 28.4 Å². The van der Waals surface area contributed by atoms with E-state index in [-0.39, 0.29) is 17.6 Å². The number of benzene rings is 1. The molecule has 1 saturated carbocycles. The highest BCUT2D eigenvalue weighted by molar-refractivity contribution is 5.92. The lowest BCUT2D eigenvalue weighted by molar-refractivity contribution is 0.0944. The molecule has 2 unspecified atom stereocenters. The molecular formula is C15H13FN2O. The molecule has 1 aromatic heterocycles. The second kappa shape index (κ2) is 4.80. The summed E-state index contributed by atoms with van der Waals surface area (Å²) >= 11 is 0.